The van der Waals surface area contributed by atoms with Crippen molar-refractivity contribution in [1.82, 2.24) is 20.1 Å². The van der Waals surface area contributed by atoms with Gasteiger partial charge in [-0.05, 0) is 63.9 Å². The Morgan fingerprint density at radius 2 is 1.94 bits per heavy atom. The largest absolute Gasteiger partial charge is 0.465 e. The molecule has 2 aliphatic heterocycles. The fourth-order valence-electron chi connectivity index (χ4n) is 4.88. The van der Waals surface area contributed by atoms with E-state index in [0.717, 1.165) is 42.6 Å². The molecular weight excluding hydrogens is 448 g/mol. The number of carbonyl (C=O) groups excluding carboxylic acids is 1. The number of hydrogen-bond acceptors (Lipinski definition) is 6. The van der Waals surface area contributed by atoms with Gasteiger partial charge in [0.2, 0.25) is 11.8 Å². The summed E-state index contributed by atoms with van der Waals surface area (Å²) in [6.45, 7) is 3.82. The lowest BCUT2D eigenvalue weighted by Crippen LogP contribution is -2.41. The maximum Gasteiger partial charge on any atom is 0.412 e. The number of nitrogens with one attached hydrogen (secondary N) is 1. The molecule has 0 bridgehead atoms. The summed E-state index contributed by atoms with van der Waals surface area (Å²) in [6.07, 6.45) is 7.56. The zero-order valence-corrected chi connectivity index (χ0v) is 19.5. The smallest absolute Gasteiger partial charge is 0.412 e. The summed E-state index contributed by atoms with van der Waals surface area (Å²) in [5.74, 6) is 0.263. The lowest BCUT2D eigenvalue weighted by Gasteiger charge is -2.34. The zero-order chi connectivity index (χ0) is 24.5. The van der Waals surface area contributed by atoms with Gasteiger partial charge in [-0.25, -0.2) is 9.78 Å². The van der Waals surface area contributed by atoms with E-state index in [9.17, 15) is 14.7 Å². The molecule has 10 nitrogen and oxygen atoms in total. The van der Waals surface area contributed by atoms with Crippen LogP contribution in [0.4, 0.5) is 10.5 Å². The topological polar surface area (TPSA) is 136 Å². The Morgan fingerprint density at radius 1 is 1.14 bits per heavy atom. The molecule has 1 fully saturated rings. The summed E-state index contributed by atoms with van der Waals surface area (Å²) >= 11 is 0. The van der Waals surface area contributed by atoms with Crippen molar-refractivity contribution in [1.29, 1.82) is 0 Å². The van der Waals surface area contributed by atoms with Gasteiger partial charge in [-0.3, -0.25) is 14.4 Å². The minimum Gasteiger partial charge on any atom is -0.465 e. The molecule has 10 heteroatoms. The number of nitrogens with zero attached hydrogens (tertiary/aromatic N) is 4. The molecule has 2 aliphatic rings. The van der Waals surface area contributed by atoms with E-state index in [1.54, 1.807) is 12.1 Å². The normalized spacial score (nSPS) is 18.2. The standard InChI is InChI=1S/C25H28N6O4/c1-15-2-4-20-21(31(15)25(33)34)6-5-19(17-13-29-30(14-17)18-8-10-27-11-9-18)23(20)35-22-7-3-16(12-28-22)24(26)32/h3,5-7,12-15,18,27H,2,4,8-11H2,1H3,(H2,26,32)(H,33,34)/t15-/m0/s1. The van der Waals surface area contributed by atoms with Crippen LogP contribution in [0.5, 0.6) is 11.6 Å². The second kappa shape index (κ2) is 9.38. The van der Waals surface area contributed by atoms with E-state index < -0.39 is 12.0 Å². The third-order valence-electron chi connectivity index (χ3n) is 6.78. The van der Waals surface area contributed by atoms with Gasteiger partial charge in [0.1, 0.15) is 5.75 Å². The number of ether oxygens (including phenoxy) is 1. The monoisotopic (exact) mass is 476 g/mol. The van der Waals surface area contributed by atoms with Crippen molar-refractivity contribution in [3.63, 3.8) is 0 Å². The van der Waals surface area contributed by atoms with Crippen molar-refractivity contribution in [3.8, 4) is 22.8 Å². The first-order chi connectivity index (χ1) is 16.9. The van der Waals surface area contributed by atoms with Gasteiger partial charge in [-0.15, -0.1) is 0 Å². The third kappa shape index (κ3) is 4.44. The molecule has 0 saturated carbocycles. The first kappa shape index (κ1) is 22.9. The lowest BCUT2D eigenvalue weighted by molar-refractivity contribution is 0.1000. The van der Waals surface area contributed by atoms with Crippen LogP contribution in [-0.2, 0) is 6.42 Å². The highest BCUT2D eigenvalue weighted by molar-refractivity contribution is 5.92. The first-order valence-corrected chi connectivity index (χ1v) is 11.8. The van der Waals surface area contributed by atoms with Crippen molar-refractivity contribution >= 4 is 17.7 Å². The number of amides is 2. The molecule has 4 N–H and O–H groups in total. The van der Waals surface area contributed by atoms with Gasteiger partial charge in [0.15, 0.2) is 0 Å². The number of hydrogen-bond donors (Lipinski definition) is 3. The average molecular weight is 477 g/mol. The van der Waals surface area contributed by atoms with Crippen molar-refractivity contribution in [2.24, 2.45) is 5.73 Å². The number of primary amides is 1. The fourth-order valence-corrected chi connectivity index (χ4v) is 4.88. The van der Waals surface area contributed by atoms with Crippen LogP contribution in [-0.4, -0.2) is 51.0 Å². The molecule has 2 amide bonds. The van der Waals surface area contributed by atoms with E-state index in [0.29, 0.717) is 30.3 Å². The number of rotatable bonds is 5. The number of piperidine rings is 1. The molecular formula is C25H28N6O4. The minimum absolute atomic E-state index is 0.144. The number of benzene rings is 1. The highest BCUT2D eigenvalue weighted by Crippen LogP contribution is 2.44. The number of pyridine rings is 1. The van der Waals surface area contributed by atoms with Gasteiger partial charge in [0, 0.05) is 41.2 Å². The summed E-state index contributed by atoms with van der Waals surface area (Å²) in [6, 6.07) is 7.05. The van der Waals surface area contributed by atoms with E-state index in [2.05, 4.69) is 15.4 Å². The summed E-state index contributed by atoms with van der Waals surface area (Å²) in [4.78, 5) is 29.1. The Hall–Kier alpha value is -3.92. The van der Waals surface area contributed by atoms with Crippen LogP contribution in [0.15, 0.2) is 42.9 Å². The van der Waals surface area contributed by atoms with Crippen LogP contribution >= 0.6 is 0 Å². The molecule has 1 saturated heterocycles. The van der Waals surface area contributed by atoms with Crippen molar-refractivity contribution < 1.29 is 19.4 Å². The SMILES string of the molecule is C[C@H]1CCc2c(ccc(-c3cnn(C4CCNCC4)c3)c2Oc2ccc(C(N)=O)cn2)N1C(=O)O. The Bertz CT molecular complexity index is 1250. The van der Waals surface area contributed by atoms with Crippen LogP contribution in [0.1, 0.15) is 48.1 Å². The number of fused-ring (bicyclic) bond motifs is 1. The van der Waals surface area contributed by atoms with Crippen molar-refractivity contribution in [2.45, 2.75) is 44.7 Å². The van der Waals surface area contributed by atoms with E-state index in [-0.39, 0.29) is 17.5 Å². The molecule has 182 valence electrons. The molecule has 1 aromatic carbocycles. The zero-order valence-electron chi connectivity index (χ0n) is 19.5. The Labute approximate surface area is 202 Å². The lowest BCUT2D eigenvalue weighted by atomic mass is 9.92. The van der Waals surface area contributed by atoms with E-state index in [1.807, 2.05) is 36.1 Å². The predicted molar refractivity (Wildman–Crippen MR) is 130 cm³/mol. The summed E-state index contributed by atoms with van der Waals surface area (Å²) < 4.78 is 8.29. The van der Waals surface area contributed by atoms with Crippen LogP contribution in [0.2, 0.25) is 0 Å². The summed E-state index contributed by atoms with van der Waals surface area (Å²) in [5, 5.41) is 17.9. The molecule has 0 unspecified atom stereocenters. The summed E-state index contributed by atoms with van der Waals surface area (Å²) in [7, 11) is 0. The summed E-state index contributed by atoms with van der Waals surface area (Å²) in [5.41, 5.74) is 8.72. The van der Waals surface area contributed by atoms with Gasteiger partial charge < -0.3 is 20.9 Å². The van der Waals surface area contributed by atoms with Crippen molar-refractivity contribution in [2.75, 3.05) is 18.0 Å². The highest BCUT2D eigenvalue weighted by Gasteiger charge is 2.32. The second-order valence-corrected chi connectivity index (χ2v) is 9.02. The molecule has 1 atom stereocenters. The Morgan fingerprint density at radius 3 is 2.63 bits per heavy atom. The van der Waals surface area contributed by atoms with Crippen LogP contribution < -0.4 is 20.7 Å². The minimum atomic E-state index is -1.00. The predicted octanol–water partition coefficient (Wildman–Crippen LogP) is 3.58. The van der Waals surface area contributed by atoms with E-state index >= 15 is 0 Å². The fraction of sp³-hybridized carbons (Fsp3) is 0.360. The number of nitrogens with two attached hydrogens (primary N) is 1. The number of carboxylic acid groups (broad SMARTS) is 1. The molecule has 0 spiro atoms. The highest BCUT2D eigenvalue weighted by atomic mass is 16.5. The number of aromatic nitrogens is 3. The van der Waals surface area contributed by atoms with Crippen LogP contribution in [0.3, 0.4) is 0 Å². The molecule has 0 aliphatic carbocycles. The first-order valence-electron chi connectivity index (χ1n) is 11.8. The maximum atomic E-state index is 12.0. The molecule has 2 aromatic heterocycles. The molecule has 0 radical (unpaired) electrons. The van der Waals surface area contributed by atoms with E-state index in [1.165, 1.54) is 11.1 Å². The second-order valence-electron chi connectivity index (χ2n) is 9.02. The average Bonchev–Trinajstić information content (AvgIpc) is 3.35. The van der Waals surface area contributed by atoms with Crippen molar-refractivity contribution in [3.05, 3.63) is 54.0 Å². The molecule has 5 rings (SSSR count). The van der Waals surface area contributed by atoms with Gasteiger partial charge in [0.05, 0.1) is 23.5 Å². The van der Waals surface area contributed by atoms with Crippen LogP contribution in [0, 0.1) is 0 Å². The van der Waals surface area contributed by atoms with Gasteiger partial charge >= 0.3 is 6.09 Å². The number of anilines is 1. The van der Waals surface area contributed by atoms with Gasteiger partial charge in [-0.2, -0.15) is 5.10 Å². The van der Waals surface area contributed by atoms with Gasteiger partial charge in [0.25, 0.3) is 0 Å². The third-order valence-corrected chi connectivity index (χ3v) is 6.78. The van der Waals surface area contributed by atoms with Gasteiger partial charge in [-0.1, -0.05) is 0 Å². The quantitative estimate of drug-likeness (QED) is 0.512. The van der Waals surface area contributed by atoms with Crippen LogP contribution in [0.25, 0.3) is 11.1 Å². The Kier molecular flexibility index (Phi) is 6.12. The van der Waals surface area contributed by atoms with E-state index in [4.69, 9.17) is 10.5 Å². The molecule has 35 heavy (non-hydrogen) atoms. The molecule has 4 heterocycles. The maximum absolute atomic E-state index is 12.0. The number of carbonyl (C=O) groups is 2. The Balaban J connectivity index is 1.58. The molecule has 3 aromatic rings.